The van der Waals surface area contributed by atoms with Gasteiger partial charge in [-0.3, -0.25) is 4.79 Å². The average molecular weight is 285 g/mol. The predicted octanol–water partition coefficient (Wildman–Crippen LogP) is 3.60. The van der Waals surface area contributed by atoms with Gasteiger partial charge >= 0.3 is 6.18 Å². The second-order valence-corrected chi connectivity index (χ2v) is 4.64. The van der Waals surface area contributed by atoms with E-state index in [4.69, 9.17) is 0 Å². The van der Waals surface area contributed by atoms with E-state index >= 15 is 0 Å². The average Bonchev–Trinajstić information content (AvgIpc) is 2.37. The molecule has 0 spiro atoms. The number of aromatic hydroxyl groups is 1. The van der Waals surface area contributed by atoms with E-state index in [0.29, 0.717) is 6.42 Å². The lowest BCUT2D eigenvalue weighted by Gasteiger charge is -2.10. The maximum Gasteiger partial charge on any atom is 0.416 e. The Morgan fingerprint density at radius 1 is 1.30 bits per heavy atom. The van der Waals surface area contributed by atoms with Crippen LogP contribution in [0.4, 0.5) is 13.2 Å². The van der Waals surface area contributed by atoms with Gasteiger partial charge in [-0.1, -0.05) is 13.3 Å². The molecule has 1 aromatic carbocycles. The SMILES string of the molecule is CCCCc1c(O)c2ccc(C(F)(F)F)cc2[nH]c1=O. The molecular formula is C14H14F3NO2. The van der Waals surface area contributed by atoms with Gasteiger partial charge in [0, 0.05) is 5.39 Å². The summed E-state index contributed by atoms with van der Waals surface area (Å²) < 4.78 is 37.8. The quantitative estimate of drug-likeness (QED) is 0.905. The third kappa shape index (κ3) is 2.64. The highest BCUT2D eigenvalue weighted by Crippen LogP contribution is 2.33. The van der Waals surface area contributed by atoms with E-state index in [1.54, 1.807) is 0 Å². The Labute approximate surface area is 113 Å². The lowest BCUT2D eigenvalue weighted by atomic mass is 10.0. The van der Waals surface area contributed by atoms with Gasteiger partial charge in [-0.15, -0.1) is 0 Å². The molecule has 0 aliphatic heterocycles. The third-order valence-electron chi connectivity index (χ3n) is 3.19. The molecule has 0 saturated carbocycles. The van der Waals surface area contributed by atoms with Gasteiger partial charge < -0.3 is 10.1 Å². The highest BCUT2D eigenvalue weighted by Gasteiger charge is 2.30. The van der Waals surface area contributed by atoms with Crippen LogP contribution in [0.15, 0.2) is 23.0 Å². The molecule has 3 nitrogen and oxygen atoms in total. The van der Waals surface area contributed by atoms with Crippen LogP contribution >= 0.6 is 0 Å². The van der Waals surface area contributed by atoms with Crippen molar-refractivity contribution in [3.05, 3.63) is 39.7 Å². The molecule has 0 atom stereocenters. The van der Waals surface area contributed by atoms with Crippen LogP contribution in [-0.4, -0.2) is 10.1 Å². The van der Waals surface area contributed by atoms with Gasteiger partial charge in [-0.25, -0.2) is 0 Å². The molecule has 0 saturated heterocycles. The van der Waals surface area contributed by atoms with Crippen LogP contribution in [0.5, 0.6) is 5.75 Å². The molecule has 2 N–H and O–H groups in total. The minimum absolute atomic E-state index is 0.0115. The number of rotatable bonds is 3. The van der Waals surface area contributed by atoms with E-state index in [1.807, 2.05) is 6.92 Å². The highest BCUT2D eigenvalue weighted by molar-refractivity contribution is 5.86. The summed E-state index contributed by atoms with van der Waals surface area (Å²) in [5.74, 6) is -0.231. The van der Waals surface area contributed by atoms with Crippen LogP contribution in [0.3, 0.4) is 0 Å². The van der Waals surface area contributed by atoms with Crippen LogP contribution in [0.25, 0.3) is 10.9 Å². The summed E-state index contributed by atoms with van der Waals surface area (Å²) in [6.07, 6.45) is -2.51. The molecule has 2 aromatic rings. The lowest BCUT2D eigenvalue weighted by Crippen LogP contribution is -2.13. The molecule has 6 heteroatoms. The molecule has 1 aromatic heterocycles. The smallest absolute Gasteiger partial charge is 0.416 e. The molecule has 0 bridgehead atoms. The van der Waals surface area contributed by atoms with Gasteiger partial charge in [0.25, 0.3) is 5.56 Å². The summed E-state index contributed by atoms with van der Waals surface area (Å²) >= 11 is 0. The van der Waals surface area contributed by atoms with Crippen molar-refractivity contribution in [2.75, 3.05) is 0 Å². The number of halogens is 3. The largest absolute Gasteiger partial charge is 0.507 e. The summed E-state index contributed by atoms with van der Waals surface area (Å²) in [5.41, 5.74) is -1.19. The van der Waals surface area contributed by atoms with E-state index in [2.05, 4.69) is 4.98 Å². The zero-order valence-corrected chi connectivity index (χ0v) is 10.8. The van der Waals surface area contributed by atoms with Gasteiger partial charge in [0.1, 0.15) is 5.75 Å². The third-order valence-corrected chi connectivity index (χ3v) is 3.19. The summed E-state index contributed by atoms with van der Waals surface area (Å²) in [6.45, 7) is 1.95. The summed E-state index contributed by atoms with van der Waals surface area (Å²) in [5, 5.41) is 10.3. The normalized spacial score (nSPS) is 12.0. The number of H-pyrrole nitrogens is 1. The van der Waals surface area contributed by atoms with Crippen molar-refractivity contribution < 1.29 is 18.3 Å². The van der Waals surface area contributed by atoms with Crippen molar-refractivity contribution in [2.45, 2.75) is 32.4 Å². The van der Waals surface area contributed by atoms with Crippen molar-refractivity contribution in [1.82, 2.24) is 4.98 Å². The fraction of sp³-hybridized carbons (Fsp3) is 0.357. The number of hydrogen-bond acceptors (Lipinski definition) is 2. The molecule has 0 amide bonds. The first kappa shape index (κ1) is 14.4. The Kier molecular flexibility index (Phi) is 3.74. The number of hydrogen-bond donors (Lipinski definition) is 2. The molecule has 0 aliphatic carbocycles. The van der Waals surface area contributed by atoms with Gasteiger partial charge in [-0.2, -0.15) is 13.2 Å². The minimum Gasteiger partial charge on any atom is -0.507 e. The van der Waals surface area contributed by atoms with Crippen LogP contribution in [-0.2, 0) is 12.6 Å². The number of alkyl halides is 3. The molecule has 0 aliphatic rings. The van der Waals surface area contributed by atoms with Crippen molar-refractivity contribution in [3.8, 4) is 5.75 Å². The van der Waals surface area contributed by atoms with E-state index in [9.17, 15) is 23.1 Å². The monoisotopic (exact) mass is 285 g/mol. The van der Waals surface area contributed by atoms with E-state index in [0.717, 1.165) is 25.0 Å². The number of fused-ring (bicyclic) bond motifs is 1. The second kappa shape index (κ2) is 5.19. The Hall–Kier alpha value is -1.98. The van der Waals surface area contributed by atoms with E-state index < -0.39 is 17.3 Å². The minimum atomic E-state index is -4.48. The molecule has 0 unspecified atom stereocenters. The maximum atomic E-state index is 12.6. The first-order valence-corrected chi connectivity index (χ1v) is 6.29. The zero-order valence-electron chi connectivity index (χ0n) is 10.8. The lowest BCUT2D eigenvalue weighted by molar-refractivity contribution is -0.137. The molecule has 0 fully saturated rings. The zero-order chi connectivity index (χ0) is 14.9. The molecular weight excluding hydrogens is 271 g/mol. The fourth-order valence-corrected chi connectivity index (χ4v) is 2.08. The van der Waals surface area contributed by atoms with Gasteiger partial charge in [-0.05, 0) is 31.0 Å². The van der Waals surface area contributed by atoms with E-state index in [-0.39, 0.29) is 22.2 Å². The standard InChI is InChI=1S/C14H14F3NO2/c1-2-3-4-10-12(19)9-6-5-8(14(15,16)17)7-11(9)18-13(10)20/h5-7H,2-4H2,1H3,(H2,18,19,20). The molecule has 1 heterocycles. The second-order valence-electron chi connectivity index (χ2n) is 4.64. The van der Waals surface area contributed by atoms with Crippen molar-refractivity contribution in [2.24, 2.45) is 0 Å². The predicted molar refractivity (Wildman–Crippen MR) is 69.8 cm³/mol. The molecule has 2 rings (SSSR count). The number of benzene rings is 1. The molecule has 108 valence electrons. The Bertz CT molecular complexity index is 689. The summed E-state index contributed by atoms with van der Waals surface area (Å²) in [7, 11) is 0. The molecule has 20 heavy (non-hydrogen) atoms. The number of unbranched alkanes of at least 4 members (excludes halogenated alkanes) is 1. The van der Waals surface area contributed by atoms with Crippen LogP contribution in [0.2, 0.25) is 0 Å². The van der Waals surface area contributed by atoms with Crippen LogP contribution in [0.1, 0.15) is 30.9 Å². The first-order chi connectivity index (χ1) is 9.34. The van der Waals surface area contributed by atoms with Crippen molar-refractivity contribution >= 4 is 10.9 Å². The van der Waals surface area contributed by atoms with Gasteiger partial charge in [0.2, 0.25) is 0 Å². The number of pyridine rings is 1. The topological polar surface area (TPSA) is 53.1 Å². The maximum absolute atomic E-state index is 12.6. The Balaban J connectivity index is 2.61. The van der Waals surface area contributed by atoms with Crippen LogP contribution < -0.4 is 5.56 Å². The van der Waals surface area contributed by atoms with Crippen molar-refractivity contribution in [1.29, 1.82) is 0 Å². The summed E-state index contributed by atoms with van der Waals surface area (Å²) in [6, 6.07) is 2.91. The first-order valence-electron chi connectivity index (χ1n) is 6.29. The number of nitrogens with one attached hydrogen (secondary N) is 1. The number of aromatic amines is 1. The number of aromatic nitrogens is 1. The molecule has 0 radical (unpaired) electrons. The van der Waals surface area contributed by atoms with E-state index in [1.165, 1.54) is 6.07 Å². The Morgan fingerprint density at radius 2 is 2.00 bits per heavy atom. The van der Waals surface area contributed by atoms with Crippen molar-refractivity contribution in [3.63, 3.8) is 0 Å². The fourth-order valence-electron chi connectivity index (χ4n) is 2.08. The van der Waals surface area contributed by atoms with Crippen LogP contribution in [0, 0.1) is 0 Å². The van der Waals surface area contributed by atoms with Gasteiger partial charge in [0.05, 0.1) is 16.6 Å². The van der Waals surface area contributed by atoms with Gasteiger partial charge in [0.15, 0.2) is 0 Å². The summed E-state index contributed by atoms with van der Waals surface area (Å²) in [4.78, 5) is 14.2. The highest BCUT2D eigenvalue weighted by atomic mass is 19.4. The Morgan fingerprint density at radius 3 is 2.60 bits per heavy atom.